The van der Waals surface area contributed by atoms with Gasteiger partial charge in [0.1, 0.15) is 11.5 Å². The monoisotopic (exact) mass is 1210 g/mol. The number of amides is 4. The Morgan fingerprint density at radius 3 is 1.19 bits per heavy atom. The molecule has 0 fully saturated rings. The lowest BCUT2D eigenvalue weighted by molar-refractivity contribution is -0.146. The van der Waals surface area contributed by atoms with Crippen LogP contribution < -0.4 is 65.1 Å². The van der Waals surface area contributed by atoms with Gasteiger partial charge in [-0.25, -0.2) is 19.9 Å². The number of hydrogen-bond acceptors (Lipinski definition) is 20. The number of aliphatic hydroxyl groups excluding tert-OH is 2. The van der Waals surface area contributed by atoms with E-state index in [2.05, 4.69) is 51.2 Å². The van der Waals surface area contributed by atoms with Crippen molar-refractivity contribution in [2.75, 3.05) is 88.8 Å². The van der Waals surface area contributed by atoms with Gasteiger partial charge >= 0.3 is 0 Å². The molecule has 0 aliphatic heterocycles. The van der Waals surface area contributed by atoms with Crippen LogP contribution in [-0.4, -0.2) is 144 Å². The van der Waals surface area contributed by atoms with Crippen LogP contribution in [0.4, 0.5) is 23.3 Å². The van der Waals surface area contributed by atoms with E-state index in [1.54, 1.807) is 0 Å². The van der Waals surface area contributed by atoms with Crippen molar-refractivity contribution in [3.63, 3.8) is 0 Å². The van der Waals surface area contributed by atoms with Gasteiger partial charge < -0.3 is 74.2 Å². The lowest BCUT2D eigenvalue weighted by Gasteiger charge is -2.30. The highest BCUT2D eigenvalue weighted by atomic mass is 35.5. The lowest BCUT2D eigenvalue weighted by atomic mass is 9.93. The fourth-order valence-corrected chi connectivity index (χ4v) is 7.79. The SMILES string of the molecule is CC(C)(CNC(=O)C(O)C(O)C(=O)NCC(C)(C)COCC(C)(C)COc1ccc(CCCCN=C(N)NC(=O)c2nc(Cl)c(N)nc2N)cc1)COCC(C)(C)COc1ccc(CCCCN=C(N)NC(=O)c2nc(Cl)c(N)nc2N)cc1. The van der Waals surface area contributed by atoms with Crippen molar-refractivity contribution in [3.8, 4) is 11.5 Å². The topological polar surface area (TPSA) is 426 Å². The summed E-state index contributed by atoms with van der Waals surface area (Å²) in [6.07, 6.45) is 0.677. The number of aliphatic imine (C=N–C) groups is 2. The van der Waals surface area contributed by atoms with Crippen molar-refractivity contribution in [3.05, 3.63) is 81.4 Å². The predicted molar refractivity (Wildman–Crippen MR) is 324 cm³/mol. The molecule has 28 heteroatoms. The van der Waals surface area contributed by atoms with Gasteiger partial charge in [0.05, 0.1) is 39.6 Å². The van der Waals surface area contributed by atoms with Crippen molar-refractivity contribution in [2.24, 2.45) is 43.1 Å². The molecule has 2 aromatic heterocycles. The van der Waals surface area contributed by atoms with E-state index in [-0.39, 0.29) is 94.0 Å². The summed E-state index contributed by atoms with van der Waals surface area (Å²) in [4.78, 5) is 74.3. The number of unbranched alkanes of at least 4 members (excludes halogenated alkanes) is 2. The first kappa shape index (κ1) is 69.1. The first-order valence-corrected chi connectivity index (χ1v) is 28.0. The molecule has 4 amide bonds. The molecule has 4 rings (SSSR count). The zero-order valence-corrected chi connectivity index (χ0v) is 50.7. The van der Waals surface area contributed by atoms with Crippen molar-refractivity contribution in [1.29, 1.82) is 0 Å². The Balaban J connectivity index is 1.05. The van der Waals surface area contributed by atoms with Crippen LogP contribution in [0.2, 0.25) is 10.3 Å². The third-order valence-corrected chi connectivity index (χ3v) is 13.0. The van der Waals surface area contributed by atoms with Crippen LogP contribution >= 0.6 is 23.2 Å². The van der Waals surface area contributed by atoms with Gasteiger partial charge in [-0.2, -0.15) is 0 Å². The number of hydrogen-bond donors (Lipinski definition) is 12. The highest BCUT2D eigenvalue weighted by Crippen LogP contribution is 2.25. The van der Waals surface area contributed by atoms with E-state index in [4.69, 9.17) is 76.6 Å². The zero-order valence-electron chi connectivity index (χ0n) is 49.2. The Bertz CT molecular complexity index is 2700. The van der Waals surface area contributed by atoms with Gasteiger partial charge in [-0.15, -0.1) is 0 Å². The first-order chi connectivity index (χ1) is 39.3. The van der Waals surface area contributed by atoms with Crippen molar-refractivity contribution >= 4 is 82.0 Å². The number of halogens is 2. The van der Waals surface area contributed by atoms with E-state index >= 15 is 0 Å². The maximum atomic E-state index is 12.9. The number of rotatable bonds is 33. The molecule has 0 saturated heterocycles. The molecule has 462 valence electrons. The molecule has 4 aromatic rings. The van der Waals surface area contributed by atoms with Crippen LogP contribution in [0.1, 0.15) is 113 Å². The number of nitrogen functional groups attached to an aromatic ring is 4. The van der Waals surface area contributed by atoms with Gasteiger partial charge in [0.2, 0.25) is 0 Å². The normalized spacial score (nSPS) is 13.2. The largest absolute Gasteiger partial charge is 0.493 e. The molecule has 0 saturated carbocycles. The summed E-state index contributed by atoms with van der Waals surface area (Å²) < 4.78 is 24.3. The molecular formula is C56H84Cl2N16O10. The highest BCUT2D eigenvalue weighted by molar-refractivity contribution is 6.32. The number of carbonyl (C=O) groups excluding carboxylic acids is 4. The minimum atomic E-state index is -2.00. The molecule has 2 aromatic carbocycles. The number of nitrogens with one attached hydrogen (secondary N) is 4. The van der Waals surface area contributed by atoms with Crippen LogP contribution in [0.15, 0.2) is 58.5 Å². The summed E-state index contributed by atoms with van der Waals surface area (Å²) in [5.41, 5.74) is 34.2. The van der Waals surface area contributed by atoms with Gasteiger partial charge in [0, 0.05) is 47.8 Å². The number of guanidine groups is 2. The molecule has 0 aliphatic carbocycles. The summed E-state index contributed by atoms with van der Waals surface area (Å²) in [5.74, 6) is -2.50. The maximum Gasteiger partial charge on any atom is 0.280 e. The number of aliphatic hydroxyl groups is 2. The number of anilines is 4. The van der Waals surface area contributed by atoms with E-state index in [1.165, 1.54) is 0 Å². The molecule has 26 nitrogen and oxygen atoms in total. The van der Waals surface area contributed by atoms with Gasteiger partial charge in [0.25, 0.3) is 23.6 Å². The number of carbonyl (C=O) groups is 4. The molecular weight excluding hydrogens is 1130 g/mol. The van der Waals surface area contributed by atoms with E-state index < -0.39 is 46.7 Å². The van der Waals surface area contributed by atoms with Gasteiger partial charge in [-0.1, -0.05) is 103 Å². The summed E-state index contributed by atoms with van der Waals surface area (Å²) in [7, 11) is 0. The third kappa shape index (κ3) is 24.5. The average Bonchev–Trinajstić information content (AvgIpc) is 3.55. The van der Waals surface area contributed by atoms with Crippen LogP contribution in [0.3, 0.4) is 0 Å². The number of benzene rings is 2. The number of nitrogens with two attached hydrogens (primary N) is 6. The molecule has 18 N–H and O–H groups in total. The molecule has 0 spiro atoms. The number of ether oxygens (including phenoxy) is 4. The molecule has 84 heavy (non-hydrogen) atoms. The second kappa shape index (κ2) is 32.1. The van der Waals surface area contributed by atoms with E-state index in [1.807, 2.05) is 104 Å². The fourth-order valence-electron chi connectivity index (χ4n) is 7.53. The van der Waals surface area contributed by atoms with Crippen molar-refractivity contribution < 1.29 is 48.3 Å². The van der Waals surface area contributed by atoms with Crippen LogP contribution in [0, 0.1) is 21.7 Å². The molecule has 2 unspecified atom stereocenters. The maximum absolute atomic E-state index is 12.9. The number of aryl methyl sites for hydroxylation is 2. The van der Waals surface area contributed by atoms with Crippen LogP contribution in [0.25, 0.3) is 0 Å². The Hall–Kier alpha value is -7.36. The minimum Gasteiger partial charge on any atom is -0.493 e. The first-order valence-electron chi connectivity index (χ1n) is 27.2. The van der Waals surface area contributed by atoms with Gasteiger partial charge in [-0.3, -0.25) is 39.8 Å². The number of nitrogens with zero attached hydrogens (tertiary/aromatic N) is 6. The Morgan fingerprint density at radius 2 is 0.845 bits per heavy atom. The summed E-state index contributed by atoms with van der Waals surface area (Å²) in [6, 6.07) is 15.6. The number of aromatic nitrogens is 4. The highest BCUT2D eigenvalue weighted by Gasteiger charge is 2.33. The fraction of sp³-hybridized carbons (Fsp3) is 0.536. The Labute approximate surface area is 500 Å². The van der Waals surface area contributed by atoms with Gasteiger partial charge in [-0.05, 0) is 73.9 Å². The molecule has 0 aliphatic rings. The van der Waals surface area contributed by atoms with Gasteiger partial charge in [0.15, 0.2) is 69.1 Å². The molecule has 2 heterocycles. The quantitative estimate of drug-likeness (QED) is 0.0184. The lowest BCUT2D eigenvalue weighted by Crippen LogP contribution is -2.52. The average molecular weight is 1210 g/mol. The summed E-state index contributed by atoms with van der Waals surface area (Å²) >= 11 is 11.7. The Morgan fingerprint density at radius 1 is 0.512 bits per heavy atom. The molecule has 0 bridgehead atoms. The van der Waals surface area contributed by atoms with Crippen LogP contribution in [-0.2, 0) is 31.9 Å². The second-order valence-electron chi connectivity index (χ2n) is 23.5. The standard InChI is InChI=1S/C56H84Cl2N16O10/c1-53(2,27-81-29-55(5,6)31-83-35-19-15-33(16-20-35)13-9-11-23-65-51(63)73-47(77)37-43(59)71-45(61)41(57)69-37)25-67-49(79)39(75)40(76)50(80)68-26-54(3,4)28-82-30-56(7,8)32-84-36-21-17-34(18-22-36)14-10-12-24-66-52(64)74-48(78)38-44(60)72-46(62)42(58)70-38/h15-22,39-40,75-76H,9-14,23-32H2,1-8H3,(H,67,79)(H,68,80)(H4,59,61,71)(H4,60,62,72)(H3,63,65,73,77)(H3,64,66,74,78). The van der Waals surface area contributed by atoms with Crippen molar-refractivity contribution in [1.82, 2.24) is 41.2 Å². The molecule has 2 atom stereocenters. The van der Waals surface area contributed by atoms with E-state index in [0.29, 0.717) is 51.0 Å². The zero-order chi connectivity index (χ0) is 62.4. The third-order valence-electron chi connectivity index (χ3n) is 12.4. The second-order valence-corrected chi connectivity index (χ2v) is 24.2. The van der Waals surface area contributed by atoms with E-state index in [9.17, 15) is 29.4 Å². The van der Waals surface area contributed by atoms with Crippen LogP contribution in [0.5, 0.6) is 11.5 Å². The van der Waals surface area contributed by atoms with Crippen molar-refractivity contribution in [2.45, 2.75) is 106 Å². The molecule has 0 radical (unpaired) electrons. The Kier molecular flexibility index (Phi) is 26.4. The minimum absolute atomic E-state index is 0.0880. The predicted octanol–water partition coefficient (Wildman–Crippen LogP) is 3.59. The van der Waals surface area contributed by atoms with E-state index in [0.717, 1.165) is 49.7 Å². The summed E-state index contributed by atoms with van der Waals surface area (Å²) in [5, 5.41) is 31.0. The summed E-state index contributed by atoms with van der Waals surface area (Å²) in [6.45, 7) is 18.6. The smallest absolute Gasteiger partial charge is 0.280 e.